The van der Waals surface area contributed by atoms with Crippen LogP contribution < -0.4 is 0 Å². The quantitative estimate of drug-likeness (QED) is 0.840. The molecule has 0 spiro atoms. The van der Waals surface area contributed by atoms with Crippen LogP contribution in [0, 0.1) is 30.6 Å². The Bertz CT molecular complexity index is 580. The van der Waals surface area contributed by atoms with Crippen molar-refractivity contribution in [2.75, 3.05) is 5.75 Å². The smallest absolute Gasteiger partial charge is 0.178 e. The van der Waals surface area contributed by atoms with E-state index < -0.39 is 15.3 Å². The van der Waals surface area contributed by atoms with Crippen LogP contribution in [-0.4, -0.2) is 14.2 Å². The lowest BCUT2D eigenvalue weighted by atomic mass is 9.93. The summed E-state index contributed by atoms with van der Waals surface area (Å²) >= 11 is 0. The van der Waals surface area contributed by atoms with Gasteiger partial charge in [-0.2, -0.15) is 5.26 Å². The lowest BCUT2D eigenvalue weighted by Gasteiger charge is -2.15. The molecule has 0 saturated heterocycles. The second-order valence-electron chi connectivity index (χ2n) is 5.31. The molecule has 4 heteroatoms. The lowest BCUT2D eigenvalue weighted by molar-refractivity contribution is 0.473. The third kappa shape index (κ3) is 3.58. The molecule has 1 rings (SSSR count). The molecule has 0 aliphatic rings. The van der Waals surface area contributed by atoms with E-state index >= 15 is 0 Å². The molecule has 0 aromatic heterocycles. The van der Waals surface area contributed by atoms with Crippen LogP contribution in [0.2, 0.25) is 0 Å². The number of nitrogens with zero attached hydrogens (tertiary/aromatic N) is 1. The van der Waals surface area contributed by atoms with Crippen LogP contribution in [0.4, 0.5) is 0 Å². The number of benzene rings is 1. The fourth-order valence-electron chi connectivity index (χ4n) is 1.47. The predicted molar refractivity (Wildman–Crippen MR) is 72.0 cm³/mol. The fourth-order valence-corrected chi connectivity index (χ4v) is 3.12. The van der Waals surface area contributed by atoms with Gasteiger partial charge in [-0.3, -0.25) is 0 Å². The van der Waals surface area contributed by atoms with Gasteiger partial charge in [0.05, 0.1) is 22.1 Å². The molecule has 98 valence electrons. The summed E-state index contributed by atoms with van der Waals surface area (Å²) in [7, 11) is -3.29. The number of nitriles is 1. The third-order valence-corrected chi connectivity index (χ3v) is 4.85. The van der Waals surface area contributed by atoms with Gasteiger partial charge in [0.15, 0.2) is 9.84 Å². The average Bonchev–Trinajstić information content (AvgIpc) is 2.30. The van der Waals surface area contributed by atoms with E-state index in [1.54, 1.807) is 26.0 Å². The van der Waals surface area contributed by atoms with Crippen LogP contribution in [-0.2, 0) is 9.84 Å². The van der Waals surface area contributed by atoms with Gasteiger partial charge in [0.25, 0.3) is 0 Å². The van der Waals surface area contributed by atoms with Gasteiger partial charge in [-0.25, -0.2) is 8.42 Å². The van der Waals surface area contributed by atoms with Crippen LogP contribution in [0.1, 0.15) is 31.4 Å². The van der Waals surface area contributed by atoms with E-state index in [0.717, 1.165) is 11.1 Å². The Hall–Kier alpha value is -1.34. The Morgan fingerprint density at radius 1 is 1.22 bits per heavy atom. The van der Waals surface area contributed by atoms with Crippen molar-refractivity contribution in [1.82, 2.24) is 0 Å². The monoisotopic (exact) mass is 265 g/mol. The van der Waals surface area contributed by atoms with Gasteiger partial charge >= 0.3 is 0 Å². The zero-order valence-corrected chi connectivity index (χ0v) is 12.1. The molecular formula is C14H19NO2S. The zero-order chi connectivity index (χ0) is 14.0. The summed E-state index contributed by atoms with van der Waals surface area (Å²) in [5, 5.41) is 8.90. The van der Waals surface area contributed by atoms with Crippen molar-refractivity contribution in [1.29, 1.82) is 5.26 Å². The molecule has 3 nitrogen and oxygen atoms in total. The van der Waals surface area contributed by atoms with Gasteiger partial charge in [-0.15, -0.1) is 0 Å². The Morgan fingerprint density at radius 3 is 2.33 bits per heavy atom. The Balaban J connectivity index is 2.94. The number of aryl methyl sites for hydroxylation is 2. The lowest BCUT2D eigenvalue weighted by Crippen LogP contribution is -2.16. The van der Waals surface area contributed by atoms with Gasteiger partial charge in [0.1, 0.15) is 0 Å². The summed E-state index contributed by atoms with van der Waals surface area (Å²) in [5.74, 6) is 0.00998. The van der Waals surface area contributed by atoms with E-state index in [2.05, 4.69) is 6.07 Å². The van der Waals surface area contributed by atoms with Crippen molar-refractivity contribution < 1.29 is 8.42 Å². The molecule has 0 bridgehead atoms. The van der Waals surface area contributed by atoms with E-state index in [1.165, 1.54) is 0 Å². The minimum absolute atomic E-state index is 0.00998. The van der Waals surface area contributed by atoms with Crippen molar-refractivity contribution >= 4 is 9.84 Å². The maximum atomic E-state index is 12.1. The number of hydrogen-bond acceptors (Lipinski definition) is 3. The van der Waals surface area contributed by atoms with Gasteiger partial charge in [-0.1, -0.05) is 6.07 Å². The highest BCUT2D eigenvalue weighted by atomic mass is 32.2. The summed E-state index contributed by atoms with van der Waals surface area (Å²) in [6.45, 7) is 7.35. The highest BCUT2D eigenvalue weighted by Gasteiger charge is 2.22. The number of hydrogen-bond donors (Lipinski definition) is 0. The van der Waals surface area contributed by atoms with Crippen molar-refractivity contribution in [3.8, 4) is 6.07 Å². The molecule has 0 N–H and O–H groups in total. The summed E-state index contributed by atoms with van der Waals surface area (Å²) < 4.78 is 24.3. The number of rotatable bonds is 4. The first kappa shape index (κ1) is 14.7. The fraction of sp³-hybridized carbons (Fsp3) is 0.500. The molecular weight excluding hydrogens is 246 g/mol. The van der Waals surface area contributed by atoms with Gasteiger partial charge in [-0.05, 0) is 57.4 Å². The first-order valence-electron chi connectivity index (χ1n) is 5.89. The maximum Gasteiger partial charge on any atom is 0.178 e. The molecule has 0 saturated carbocycles. The Kier molecular flexibility index (Phi) is 4.18. The SMILES string of the molecule is Cc1ccc(S(=O)(=O)CCC(C)(C)C#N)cc1C. The van der Waals surface area contributed by atoms with E-state index in [9.17, 15) is 8.42 Å². The van der Waals surface area contributed by atoms with Crippen molar-refractivity contribution in [3.63, 3.8) is 0 Å². The van der Waals surface area contributed by atoms with E-state index in [0.29, 0.717) is 11.3 Å². The molecule has 18 heavy (non-hydrogen) atoms. The molecule has 0 atom stereocenters. The Labute approximate surface area is 109 Å². The van der Waals surface area contributed by atoms with E-state index in [-0.39, 0.29) is 5.75 Å². The zero-order valence-electron chi connectivity index (χ0n) is 11.3. The molecule has 0 fully saturated rings. The molecule has 0 heterocycles. The molecule has 0 aliphatic heterocycles. The van der Waals surface area contributed by atoms with Crippen molar-refractivity contribution in [3.05, 3.63) is 29.3 Å². The Morgan fingerprint density at radius 2 is 1.83 bits per heavy atom. The van der Waals surface area contributed by atoms with E-state index in [4.69, 9.17) is 5.26 Å². The highest BCUT2D eigenvalue weighted by molar-refractivity contribution is 7.91. The molecule has 0 radical (unpaired) electrons. The van der Waals surface area contributed by atoms with Crippen LogP contribution in [0.25, 0.3) is 0 Å². The first-order valence-corrected chi connectivity index (χ1v) is 7.54. The van der Waals surface area contributed by atoms with Gasteiger partial charge in [0, 0.05) is 0 Å². The topological polar surface area (TPSA) is 57.9 Å². The predicted octanol–water partition coefficient (Wildman–Crippen LogP) is 3.02. The molecule has 1 aromatic rings. The van der Waals surface area contributed by atoms with E-state index in [1.807, 2.05) is 19.9 Å². The summed E-state index contributed by atoms with van der Waals surface area (Å²) in [6.07, 6.45) is 0.346. The van der Waals surface area contributed by atoms with Gasteiger partial charge < -0.3 is 0 Å². The van der Waals surface area contributed by atoms with Crippen molar-refractivity contribution in [2.45, 2.75) is 39.0 Å². The molecule has 1 aromatic carbocycles. The molecule has 0 aliphatic carbocycles. The standard InChI is InChI=1S/C14H19NO2S/c1-11-5-6-13(9-12(11)2)18(16,17)8-7-14(3,4)10-15/h5-6,9H,7-8H2,1-4H3. The number of sulfone groups is 1. The minimum atomic E-state index is -3.29. The first-order chi connectivity index (χ1) is 8.18. The molecule has 0 unspecified atom stereocenters. The largest absolute Gasteiger partial charge is 0.224 e. The van der Waals surface area contributed by atoms with Crippen LogP contribution >= 0.6 is 0 Å². The maximum absolute atomic E-state index is 12.1. The minimum Gasteiger partial charge on any atom is -0.224 e. The molecule has 0 amide bonds. The average molecular weight is 265 g/mol. The normalized spacial score (nSPS) is 12.2. The van der Waals surface area contributed by atoms with Crippen LogP contribution in [0.3, 0.4) is 0 Å². The highest BCUT2D eigenvalue weighted by Crippen LogP contribution is 2.23. The van der Waals surface area contributed by atoms with Gasteiger partial charge in [0.2, 0.25) is 0 Å². The van der Waals surface area contributed by atoms with Crippen LogP contribution in [0.5, 0.6) is 0 Å². The van der Waals surface area contributed by atoms with Crippen LogP contribution in [0.15, 0.2) is 23.1 Å². The second-order valence-corrected chi connectivity index (χ2v) is 7.42. The summed E-state index contributed by atoms with van der Waals surface area (Å²) in [6, 6.07) is 7.27. The summed E-state index contributed by atoms with van der Waals surface area (Å²) in [5.41, 5.74) is 1.44. The van der Waals surface area contributed by atoms with Crippen molar-refractivity contribution in [2.24, 2.45) is 5.41 Å². The second kappa shape index (κ2) is 5.11. The third-order valence-electron chi connectivity index (χ3n) is 3.14. The summed E-state index contributed by atoms with van der Waals surface area (Å²) in [4.78, 5) is 0.347.